The van der Waals surface area contributed by atoms with Crippen molar-refractivity contribution in [2.45, 2.75) is 20.3 Å². The highest BCUT2D eigenvalue weighted by atomic mass is 32.1. The van der Waals surface area contributed by atoms with Gasteiger partial charge in [-0.1, -0.05) is 19.7 Å². The Balaban J connectivity index is 2.99. The second-order valence-corrected chi connectivity index (χ2v) is 2.68. The van der Waals surface area contributed by atoms with E-state index in [9.17, 15) is 4.79 Å². The van der Waals surface area contributed by atoms with Crippen LogP contribution in [0, 0.1) is 6.92 Å². The third-order valence-corrected chi connectivity index (χ3v) is 1.79. The minimum atomic E-state index is -0.271. The molecule has 12 heavy (non-hydrogen) atoms. The summed E-state index contributed by atoms with van der Waals surface area (Å²) in [5.74, 6) is 0.547. The van der Waals surface area contributed by atoms with Crippen molar-refractivity contribution in [1.82, 2.24) is 14.7 Å². The number of nitrogens with zero attached hydrogens (tertiary/aromatic N) is 1. The van der Waals surface area contributed by atoms with Gasteiger partial charge in [-0.3, -0.25) is 9.52 Å². The fourth-order valence-corrected chi connectivity index (χ4v) is 1.07. The van der Waals surface area contributed by atoms with Crippen molar-refractivity contribution in [2.75, 3.05) is 0 Å². The van der Waals surface area contributed by atoms with E-state index in [1.54, 1.807) is 0 Å². The molecule has 0 atom stereocenters. The highest BCUT2D eigenvalue weighted by Gasteiger charge is 2.11. The van der Waals surface area contributed by atoms with E-state index in [4.69, 9.17) is 0 Å². The molecule has 4 nitrogen and oxygen atoms in total. The first-order valence-corrected chi connectivity index (χ1v) is 4.13. The number of thiol groups is 1. The van der Waals surface area contributed by atoms with E-state index in [-0.39, 0.29) is 5.91 Å². The van der Waals surface area contributed by atoms with E-state index in [2.05, 4.69) is 27.5 Å². The molecular formula is C7H11N3OS. The predicted molar refractivity (Wildman–Crippen MR) is 49.2 cm³/mol. The molecule has 0 aliphatic carbocycles. The fraction of sp³-hybridized carbons (Fsp3) is 0.429. The van der Waals surface area contributed by atoms with Gasteiger partial charge in [-0.25, -0.2) is 4.98 Å². The lowest BCUT2D eigenvalue weighted by Gasteiger charge is -1.92. The number of hydrogen-bond donors (Lipinski definition) is 3. The van der Waals surface area contributed by atoms with Crippen LogP contribution >= 0.6 is 12.8 Å². The number of hydrogen-bond acceptors (Lipinski definition) is 3. The maximum atomic E-state index is 11.1. The largest absolute Gasteiger partial charge is 0.345 e. The van der Waals surface area contributed by atoms with Crippen molar-refractivity contribution in [3.05, 3.63) is 17.2 Å². The van der Waals surface area contributed by atoms with Gasteiger partial charge in [0.2, 0.25) is 0 Å². The number of H-pyrrole nitrogens is 1. The Morgan fingerprint density at radius 1 is 1.75 bits per heavy atom. The summed E-state index contributed by atoms with van der Waals surface area (Å²) in [7, 11) is 0. The standard InChI is InChI=1S/C7H11N3OS/c1-3-5-8-4(2)6(9-5)7(11)10-12/h12H,3H2,1-2H3,(H,8,9)(H,10,11). The van der Waals surface area contributed by atoms with Crippen LogP contribution in [-0.2, 0) is 6.42 Å². The zero-order valence-corrected chi connectivity index (χ0v) is 7.90. The van der Waals surface area contributed by atoms with Crippen LogP contribution < -0.4 is 4.72 Å². The molecule has 66 valence electrons. The fourth-order valence-electron chi connectivity index (χ4n) is 0.964. The first-order chi connectivity index (χ1) is 5.69. The first-order valence-electron chi connectivity index (χ1n) is 3.69. The van der Waals surface area contributed by atoms with E-state index in [0.29, 0.717) is 5.69 Å². The molecule has 0 radical (unpaired) electrons. The molecule has 1 heterocycles. The predicted octanol–water partition coefficient (Wildman–Crippen LogP) is 0.855. The van der Waals surface area contributed by atoms with Crippen molar-refractivity contribution < 1.29 is 4.79 Å². The lowest BCUT2D eigenvalue weighted by molar-refractivity contribution is 0.0980. The number of amides is 1. The van der Waals surface area contributed by atoms with Crippen molar-refractivity contribution >= 4 is 18.7 Å². The van der Waals surface area contributed by atoms with Crippen LogP contribution in [0.2, 0.25) is 0 Å². The van der Waals surface area contributed by atoms with Gasteiger partial charge in [0.05, 0.1) is 0 Å². The van der Waals surface area contributed by atoms with Gasteiger partial charge in [0.25, 0.3) is 5.91 Å². The molecule has 0 bridgehead atoms. The maximum Gasteiger partial charge on any atom is 0.281 e. The van der Waals surface area contributed by atoms with E-state index in [1.807, 2.05) is 13.8 Å². The third kappa shape index (κ3) is 1.61. The minimum absolute atomic E-state index is 0.271. The molecular weight excluding hydrogens is 174 g/mol. The molecule has 1 amide bonds. The van der Waals surface area contributed by atoms with E-state index >= 15 is 0 Å². The van der Waals surface area contributed by atoms with Crippen LogP contribution in [-0.4, -0.2) is 15.9 Å². The van der Waals surface area contributed by atoms with Crippen molar-refractivity contribution in [3.8, 4) is 0 Å². The van der Waals surface area contributed by atoms with Crippen molar-refractivity contribution in [2.24, 2.45) is 0 Å². The molecule has 0 aliphatic heterocycles. The third-order valence-electron chi connectivity index (χ3n) is 1.59. The summed E-state index contributed by atoms with van der Waals surface area (Å²) >= 11 is 3.66. The number of carbonyl (C=O) groups excluding carboxylic acids is 1. The Bertz CT molecular complexity index is 295. The Labute approximate surface area is 76.3 Å². The average molecular weight is 185 g/mol. The van der Waals surface area contributed by atoms with Gasteiger partial charge in [-0.05, 0) is 6.92 Å². The molecule has 5 heteroatoms. The SMILES string of the molecule is CCc1nc(C(=O)NS)c(C)[nH]1. The van der Waals surface area contributed by atoms with Crippen LogP contribution in [0.5, 0.6) is 0 Å². The Hall–Kier alpha value is -0.970. The van der Waals surface area contributed by atoms with Gasteiger partial charge >= 0.3 is 0 Å². The van der Waals surface area contributed by atoms with Gasteiger partial charge < -0.3 is 4.98 Å². The Kier molecular flexibility index (Phi) is 2.75. The average Bonchev–Trinajstić information content (AvgIpc) is 2.45. The van der Waals surface area contributed by atoms with E-state index in [0.717, 1.165) is 17.9 Å². The van der Waals surface area contributed by atoms with Gasteiger partial charge in [0.15, 0.2) is 0 Å². The first kappa shape index (κ1) is 9.12. The molecule has 2 N–H and O–H groups in total. The number of aromatic nitrogens is 2. The minimum Gasteiger partial charge on any atom is -0.345 e. The van der Waals surface area contributed by atoms with E-state index in [1.165, 1.54) is 0 Å². The summed E-state index contributed by atoms with van der Waals surface area (Å²) in [6.07, 6.45) is 0.792. The normalized spacial score (nSPS) is 9.92. The lowest BCUT2D eigenvalue weighted by atomic mass is 10.3. The summed E-state index contributed by atoms with van der Waals surface area (Å²) in [5.41, 5.74) is 1.19. The zero-order valence-electron chi connectivity index (χ0n) is 7.01. The van der Waals surface area contributed by atoms with Crippen LogP contribution in [0.25, 0.3) is 0 Å². The number of rotatable bonds is 2. The Morgan fingerprint density at radius 3 is 2.83 bits per heavy atom. The molecule has 0 saturated heterocycles. The van der Waals surface area contributed by atoms with Crippen molar-refractivity contribution in [1.29, 1.82) is 0 Å². The summed E-state index contributed by atoms with van der Waals surface area (Å²) < 4.78 is 2.23. The number of imidazole rings is 1. The zero-order chi connectivity index (χ0) is 9.14. The van der Waals surface area contributed by atoms with Crippen LogP contribution in [0.1, 0.15) is 28.9 Å². The summed E-state index contributed by atoms with van der Waals surface area (Å²) in [6, 6.07) is 0. The highest BCUT2D eigenvalue weighted by molar-refractivity contribution is 7.78. The molecule has 0 spiro atoms. The second kappa shape index (κ2) is 3.62. The molecule has 1 rings (SSSR count). The van der Waals surface area contributed by atoms with Gasteiger partial charge in [0, 0.05) is 12.1 Å². The topological polar surface area (TPSA) is 57.8 Å². The molecule has 0 unspecified atom stereocenters. The maximum absolute atomic E-state index is 11.1. The molecule has 0 fully saturated rings. The smallest absolute Gasteiger partial charge is 0.281 e. The summed E-state index contributed by atoms with van der Waals surface area (Å²) in [6.45, 7) is 3.78. The number of carbonyl (C=O) groups is 1. The van der Waals surface area contributed by atoms with Gasteiger partial charge in [0.1, 0.15) is 11.5 Å². The number of aromatic amines is 1. The van der Waals surface area contributed by atoms with Crippen LogP contribution in [0.15, 0.2) is 0 Å². The lowest BCUT2D eigenvalue weighted by Crippen LogP contribution is -2.14. The second-order valence-electron chi connectivity index (χ2n) is 2.45. The quantitative estimate of drug-likeness (QED) is 0.598. The van der Waals surface area contributed by atoms with Gasteiger partial charge in [-0.2, -0.15) is 0 Å². The molecule has 0 aromatic carbocycles. The Morgan fingerprint density at radius 2 is 2.42 bits per heavy atom. The van der Waals surface area contributed by atoms with Crippen LogP contribution in [0.4, 0.5) is 0 Å². The number of nitrogens with one attached hydrogen (secondary N) is 2. The summed E-state index contributed by atoms with van der Waals surface area (Å²) in [5, 5.41) is 0. The van der Waals surface area contributed by atoms with E-state index < -0.39 is 0 Å². The highest BCUT2D eigenvalue weighted by Crippen LogP contribution is 2.05. The van der Waals surface area contributed by atoms with Crippen LogP contribution in [0.3, 0.4) is 0 Å². The molecule has 1 aromatic heterocycles. The molecule has 1 aromatic rings. The number of aryl methyl sites for hydroxylation is 2. The summed E-state index contributed by atoms with van der Waals surface area (Å²) in [4.78, 5) is 18.2. The molecule has 0 saturated carbocycles. The van der Waals surface area contributed by atoms with Gasteiger partial charge in [-0.15, -0.1) is 0 Å². The van der Waals surface area contributed by atoms with Crippen molar-refractivity contribution in [3.63, 3.8) is 0 Å². The monoisotopic (exact) mass is 185 g/mol. The molecule has 0 aliphatic rings.